The Balaban J connectivity index is 2.05. The van der Waals surface area contributed by atoms with Gasteiger partial charge in [-0.25, -0.2) is 0 Å². The number of aromatic amines is 1. The van der Waals surface area contributed by atoms with E-state index >= 15 is 0 Å². The summed E-state index contributed by atoms with van der Waals surface area (Å²) in [6.07, 6.45) is 5.43. The highest BCUT2D eigenvalue weighted by atomic mass is 14.7. The molecule has 0 bridgehead atoms. The van der Waals surface area contributed by atoms with E-state index in [2.05, 4.69) is 65.5 Å². The first-order valence-electron chi connectivity index (χ1n) is 6.93. The van der Waals surface area contributed by atoms with Crippen LogP contribution in [-0.2, 0) is 0 Å². The molecule has 0 radical (unpaired) electrons. The van der Waals surface area contributed by atoms with Crippen LogP contribution >= 0.6 is 0 Å². The van der Waals surface area contributed by atoms with Crippen LogP contribution in [0.1, 0.15) is 5.56 Å². The van der Waals surface area contributed by atoms with Gasteiger partial charge < -0.3 is 4.98 Å². The van der Waals surface area contributed by atoms with E-state index in [0.717, 1.165) is 11.1 Å². The lowest BCUT2D eigenvalue weighted by molar-refractivity contribution is 1.54. The van der Waals surface area contributed by atoms with Crippen molar-refractivity contribution in [2.24, 2.45) is 0 Å². The minimum absolute atomic E-state index is 0.907. The molecular formula is C20H13N. The zero-order valence-corrected chi connectivity index (χ0v) is 11.4. The van der Waals surface area contributed by atoms with Crippen molar-refractivity contribution in [2.45, 2.75) is 0 Å². The number of H-pyrrole nitrogens is 1. The summed E-state index contributed by atoms with van der Waals surface area (Å²) >= 11 is 0. The van der Waals surface area contributed by atoms with Gasteiger partial charge in [0.05, 0.1) is 0 Å². The molecule has 0 spiro atoms. The average molecular weight is 267 g/mol. The Morgan fingerprint density at radius 2 is 1.52 bits per heavy atom. The number of rotatable bonds is 1. The number of hydrogen-bond donors (Lipinski definition) is 1. The summed E-state index contributed by atoms with van der Waals surface area (Å²) in [5, 5.41) is 2.52. The van der Waals surface area contributed by atoms with Gasteiger partial charge in [-0.15, -0.1) is 6.42 Å². The van der Waals surface area contributed by atoms with Gasteiger partial charge in [-0.05, 0) is 35.4 Å². The summed E-state index contributed by atoms with van der Waals surface area (Å²) in [6.45, 7) is 0. The van der Waals surface area contributed by atoms with E-state index in [1.165, 1.54) is 27.4 Å². The lowest BCUT2D eigenvalue weighted by Gasteiger charge is -2.05. The highest BCUT2D eigenvalue weighted by molar-refractivity contribution is 6.14. The molecule has 1 heteroatoms. The maximum atomic E-state index is 5.43. The van der Waals surface area contributed by atoms with Gasteiger partial charge in [-0.1, -0.05) is 48.4 Å². The number of nitrogens with one attached hydrogen (secondary N) is 1. The maximum absolute atomic E-state index is 5.43. The molecule has 4 rings (SSSR count). The molecule has 0 saturated carbocycles. The first-order valence-corrected chi connectivity index (χ1v) is 6.93. The molecule has 0 aliphatic rings. The minimum Gasteiger partial charge on any atom is -0.354 e. The lowest BCUT2D eigenvalue weighted by atomic mass is 9.98. The Morgan fingerprint density at radius 1 is 0.762 bits per heavy atom. The van der Waals surface area contributed by atoms with Crippen molar-refractivity contribution < 1.29 is 0 Å². The third kappa shape index (κ3) is 1.81. The second-order valence-electron chi connectivity index (χ2n) is 5.12. The summed E-state index contributed by atoms with van der Waals surface area (Å²) in [5.74, 6) is 2.66. The molecule has 0 aliphatic heterocycles. The summed E-state index contributed by atoms with van der Waals surface area (Å²) < 4.78 is 0. The standard InChI is InChI=1S/C20H13N/c1-2-14-10-12-15(13-11-14)16-7-5-9-19-20(16)17-6-3-4-8-18(17)21-19/h1,3-13,21H. The second-order valence-corrected chi connectivity index (χ2v) is 5.12. The predicted molar refractivity (Wildman–Crippen MR) is 89.2 cm³/mol. The van der Waals surface area contributed by atoms with Gasteiger partial charge in [0.1, 0.15) is 0 Å². The summed E-state index contributed by atoms with van der Waals surface area (Å²) in [5.41, 5.74) is 5.65. The van der Waals surface area contributed by atoms with Crippen LogP contribution < -0.4 is 0 Å². The molecule has 1 heterocycles. The van der Waals surface area contributed by atoms with Gasteiger partial charge >= 0.3 is 0 Å². The van der Waals surface area contributed by atoms with Gasteiger partial charge in [0.15, 0.2) is 0 Å². The van der Waals surface area contributed by atoms with E-state index in [9.17, 15) is 0 Å². The highest BCUT2D eigenvalue weighted by Crippen LogP contribution is 2.34. The molecule has 4 aromatic rings. The first-order chi connectivity index (χ1) is 10.4. The molecule has 21 heavy (non-hydrogen) atoms. The van der Waals surface area contributed by atoms with Crippen LogP contribution in [-0.4, -0.2) is 4.98 Å². The normalized spacial score (nSPS) is 10.8. The lowest BCUT2D eigenvalue weighted by Crippen LogP contribution is -1.81. The average Bonchev–Trinajstić information content (AvgIpc) is 2.93. The van der Waals surface area contributed by atoms with Crippen LogP contribution in [0, 0.1) is 12.3 Å². The van der Waals surface area contributed by atoms with Crippen LogP contribution in [0.25, 0.3) is 32.9 Å². The largest absolute Gasteiger partial charge is 0.354 e. The van der Waals surface area contributed by atoms with Crippen molar-refractivity contribution in [3.8, 4) is 23.5 Å². The van der Waals surface area contributed by atoms with Crippen molar-refractivity contribution in [2.75, 3.05) is 0 Å². The molecule has 0 aliphatic carbocycles. The zero-order valence-electron chi connectivity index (χ0n) is 11.4. The molecule has 0 saturated heterocycles. The molecule has 1 aromatic heterocycles. The van der Waals surface area contributed by atoms with Gasteiger partial charge in [0, 0.05) is 27.4 Å². The van der Waals surface area contributed by atoms with E-state index in [1.807, 2.05) is 12.1 Å². The van der Waals surface area contributed by atoms with Crippen molar-refractivity contribution in [3.63, 3.8) is 0 Å². The number of hydrogen-bond acceptors (Lipinski definition) is 0. The molecule has 98 valence electrons. The topological polar surface area (TPSA) is 15.8 Å². The quantitative estimate of drug-likeness (QED) is 0.469. The molecule has 0 atom stereocenters. The van der Waals surface area contributed by atoms with E-state index in [0.29, 0.717) is 0 Å². The predicted octanol–water partition coefficient (Wildman–Crippen LogP) is 4.97. The molecule has 1 N–H and O–H groups in total. The summed E-state index contributed by atoms with van der Waals surface area (Å²) in [7, 11) is 0. The molecule has 0 unspecified atom stereocenters. The van der Waals surface area contributed by atoms with Crippen molar-refractivity contribution in [1.82, 2.24) is 4.98 Å². The smallest absolute Gasteiger partial charge is 0.0471 e. The number of para-hydroxylation sites is 1. The summed E-state index contributed by atoms with van der Waals surface area (Å²) in [4.78, 5) is 3.48. The monoisotopic (exact) mass is 267 g/mol. The number of benzene rings is 3. The fourth-order valence-corrected chi connectivity index (χ4v) is 2.89. The third-order valence-electron chi connectivity index (χ3n) is 3.89. The third-order valence-corrected chi connectivity index (χ3v) is 3.89. The minimum atomic E-state index is 0.907. The van der Waals surface area contributed by atoms with Crippen LogP contribution in [0.4, 0.5) is 0 Å². The number of terminal acetylenes is 1. The second kappa shape index (κ2) is 4.54. The van der Waals surface area contributed by atoms with Crippen molar-refractivity contribution in [3.05, 3.63) is 72.3 Å². The fraction of sp³-hybridized carbons (Fsp3) is 0. The zero-order chi connectivity index (χ0) is 14.2. The molecule has 0 fully saturated rings. The Bertz CT molecular complexity index is 982. The maximum Gasteiger partial charge on any atom is 0.0471 e. The van der Waals surface area contributed by atoms with E-state index < -0.39 is 0 Å². The Morgan fingerprint density at radius 3 is 2.33 bits per heavy atom. The van der Waals surface area contributed by atoms with E-state index in [-0.39, 0.29) is 0 Å². The van der Waals surface area contributed by atoms with Crippen LogP contribution in [0.5, 0.6) is 0 Å². The van der Waals surface area contributed by atoms with Gasteiger partial charge in [0.2, 0.25) is 0 Å². The Kier molecular flexibility index (Phi) is 2.55. The van der Waals surface area contributed by atoms with Gasteiger partial charge in [0.25, 0.3) is 0 Å². The van der Waals surface area contributed by atoms with Crippen molar-refractivity contribution >= 4 is 21.8 Å². The van der Waals surface area contributed by atoms with Crippen LogP contribution in [0.3, 0.4) is 0 Å². The van der Waals surface area contributed by atoms with Crippen LogP contribution in [0.2, 0.25) is 0 Å². The fourth-order valence-electron chi connectivity index (χ4n) is 2.89. The molecule has 0 amide bonds. The van der Waals surface area contributed by atoms with Gasteiger partial charge in [-0.3, -0.25) is 0 Å². The van der Waals surface area contributed by atoms with Crippen LogP contribution in [0.15, 0.2) is 66.7 Å². The Labute approximate surface area is 123 Å². The number of aromatic nitrogens is 1. The van der Waals surface area contributed by atoms with Crippen molar-refractivity contribution in [1.29, 1.82) is 0 Å². The number of fused-ring (bicyclic) bond motifs is 3. The molecular weight excluding hydrogens is 254 g/mol. The first kappa shape index (κ1) is 11.8. The summed E-state index contributed by atoms with van der Waals surface area (Å²) in [6, 6.07) is 22.9. The molecule has 3 aromatic carbocycles. The molecule has 1 nitrogen and oxygen atoms in total. The van der Waals surface area contributed by atoms with E-state index in [4.69, 9.17) is 6.42 Å². The highest BCUT2D eigenvalue weighted by Gasteiger charge is 2.09. The Hall–Kier alpha value is -2.98. The van der Waals surface area contributed by atoms with E-state index in [1.54, 1.807) is 0 Å². The van der Waals surface area contributed by atoms with Gasteiger partial charge in [-0.2, -0.15) is 0 Å². The SMILES string of the molecule is C#Cc1ccc(-c2cccc3[nH]c4ccccc4c23)cc1.